The largest absolute Gasteiger partial charge is 0.456 e. The molecule has 50 heavy (non-hydrogen) atoms. The summed E-state index contributed by atoms with van der Waals surface area (Å²) in [5.41, 5.74) is 10.9. The zero-order valence-corrected chi connectivity index (χ0v) is 27.0. The fourth-order valence-electron chi connectivity index (χ4n) is 8.13. The molecule has 0 bridgehead atoms. The lowest BCUT2D eigenvalue weighted by Crippen LogP contribution is -1.91. The molecule has 0 spiro atoms. The molecule has 0 unspecified atom stereocenters. The number of fused-ring (bicyclic) bond motifs is 9. The molecule has 232 valence electrons. The van der Waals surface area contributed by atoms with E-state index in [0.717, 1.165) is 49.3 Å². The highest BCUT2D eigenvalue weighted by Gasteiger charge is 2.18. The first-order valence-corrected chi connectivity index (χ1v) is 17.1. The zero-order valence-electron chi connectivity index (χ0n) is 27.0. The van der Waals surface area contributed by atoms with Crippen LogP contribution in [0.25, 0.3) is 110 Å². The second kappa shape index (κ2) is 10.4. The maximum Gasteiger partial charge on any atom is 0.136 e. The van der Waals surface area contributed by atoms with Crippen molar-refractivity contribution in [1.29, 1.82) is 0 Å². The van der Waals surface area contributed by atoms with Crippen molar-refractivity contribution in [2.45, 2.75) is 0 Å². The van der Waals surface area contributed by atoms with Crippen molar-refractivity contribution in [3.63, 3.8) is 0 Å². The van der Waals surface area contributed by atoms with Gasteiger partial charge in [0, 0.05) is 21.5 Å². The van der Waals surface area contributed by atoms with Gasteiger partial charge in [-0.1, -0.05) is 127 Å². The second-order valence-corrected chi connectivity index (χ2v) is 13.2. The van der Waals surface area contributed by atoms with E-state index in [-0.39, 0.29) is 0 Å². The molecule has 0 aliphatic carbocycles. The van der Waals surface area contributed by atoms with Crippen LogP contribution in [-0.4, -0.2) is 0 Å². The number of hydrogen-bond donors (Lipinski definition) is 0. The van der Waals surface area contributed by atoms with E-state index in [4.69, 9.17) is 8.83 Å². The average molecular weight is 637 g/mol. The van der Waals surface area contributed by atoms with Crippen LogP contribution in [0.3, 0.4) is 0 Å². The number of hydrogen-bond acceptors (Lipinski definition) is 2. The summed E-state index contributed by atoms with van der Waals surface area (Å²) in [5, 5.41) is 11.7. The first-order chi connectivity index (χ1) is 24.8. The van der Waals surface area contributed by atoms with Crippen molar-refractivity contribution in [2.24, 2.45) is 0 Å². The fraction of sp³-hybridized carbons (Fsp3) is 0. The van der Waals surface area contributed by atoms with Gasteiger partial charge in [-0.05, 0) is 108 Å². The number of benzene rings is 9. The third kappa shape index (κ3) is 4.03. The summed E-state index contributed by atoms with van der Waals surface area (Å²) in [6.45, 7) is 0. The van der Waals surface area contributed by atoms with Crippen molar-refractivity contribution < 1.29 is 8.83 Å². The molecule has 11 aromatic rings. The molecule has 0 N–H and O–H groups in total. The van der Waals surface area contributed by atoms with E-state index in [9.17, 15) is 0 Å². The molecule has 2 nitrogen and oxygen atoms in total. The molecule has 0 radical (unpaired) electrons. The van der Waals surface area contributed by atoms with E-state index in [1.54, 1.807) is 0 Å². The van der Waals surface area contributed by atoms with Gasteiger partial charge in [-0.15, -0.1) is 0 Å². The Morgan fingerprint density at radius 2 is 0.740 bits per heavy atom. The first kappa shape index (κ1) is 27.3. The second-order valence-electron chi connectivity index (χ2n) is 13.2. The van der Waals surface area contributed by atoms with Crippen LogP contribution in [0.4, 0.5) is 0 Å². The van der Waals surface area contributed by atoms with Gasteiger partial charge in [-0.2, -0.15) is 0 Å². The summed E-state index contributed by atoms with van der Waals surface area (Å²) in [5.74, 6) is 0. The lowest BCUT2D eigenvalue weighted by Gasteiger charge is -2.18. The molecule has 0 saturated carbocycles. The van der Waals surface area contributed by atoms with Gasteiger partial charge >= 0.3 is 0 Å². The van der Waals surface area contributed by atoms with Gasteiger partial charge in [0.05, 0.1) is 0 Å². The standard InChI is InChI=1S/C48H28O2/c1-2-11-29(12-3-1)47-36-16-4-6-18-38(36)48(39-19-7-5-17-37(39)47)33-14-10-13-30(23-33)31-21-22-32-25-40-42-28-45-41(35-15-8-9-20-43(35)49-45)27-46(42)50-44(40)26-34(32)24-31/h1-28H. The predicted octanol–water partition coefficient (Wildman–Crippen LogP) is 13.9. The number of furan rings is 2. The average Bonchev–Trinajstić information content (AvgIpc) is 3.71. The van der Waals surface area contributed by atoms with Crippen LogP contribution in [0.1, 0.15) is 0 Å². The van der Waals surface area contributed by atoms with Gasteiger partial charge in [0.15, 0.2) is 0 Å². The molecule has 0 amide bonds. The minimum atomic E-state index is 0.875. The minimum Gasteiger partial charge on any atom is -0.456 e. The summed E-state index contributed by atoms with van der Waals surface area (Å²) < 4.78 is 12.7. The van der Waals surface area contributed by atoms with E-state index in [1.807, 2.05) is 18.2 Å². The van der Waals surface area contributed by atoms with E-state index in [2.05, 4.69) is 152 Å². The molecule has 2 heteroatoms. The van der Waals surface area contributed by atoms with Crippen LogP contribution in [0.15, 0.2) is 179 Å². The molecule has 0 fully saturated rings. The Morgan fingerprint density at radius 1 is 0.240 bits per heavy atom. The summed E-state index contributed by atoms with van der Waals surface area (Å²) in [6, 6.07) is 61.0. The Hall–Kier alpha value is -6.64. The minimum absolute atomic E-state index is 0.875. The van der Waals surface area contributed by atoms with E-state index >= 15 is 0 Å². The summed E-state index contributed by atoms with van der Waals surface area (Å²) in [4.78, 5) is 0. The lowest BCUT2D eigenvalue weighted by molar-refractivity contribution is 0.664. The molecule has 0 aliphatic heterocycles. The van der Waals surface area contributed by atoms with E-state index in [0.29, 0.717) is 0 Å². The van der Waals surface area contributed by atoms with Crippen LogP contribution in [0.5, 0.6) is 0 Å². The van der Waals surface area contributed by atoms with Crippen LogP contribution >= 0.6 is 0 Å². The zero-order chi connectivity index (χ0) is 32.8. The monoisotopic (exact) mass is 636 g/mol. The molecule has 0 saturated heterocycles. The molecular formula is C48H28O2. The molecular weight excluding hydrogens is 609 g/mol. The van der Waals surface area contributed by atoms with Crippen molar-refractivity contribution >= 4 is 76.2 Å². The van der Waals surface area contributed by atoms with Gasteiger partial charge in [-0.25, -0.2) is 0 Å². The molecule has 9 aromatic carbocycles. The fourth-order valence-corrected chi connectivity index (χ4v) is 8.13. The maximum atomic E-state index is 6.49. The third-order valence-electron chi connectivity index (χ3n) is 10.4. The Kier molecular flexibility index (Phi) is 5.70. The van der Waals surface area contributed by atoms with Crippen LogP contribution < -0.4 is 0 Å². The van der Waals surface area contributed by atoms with Crippen molar-refractivity contribution in [3.05, 3.63) is 170 Å². The highest BCUT2D eigenvalue weighted by atomic mass is 16.3. The van der Waals surface area contributed by atoms with Crippen LogP contribution in [0, 0.1) is 0 Å². The highest BCUT2D eigenvalue weighted by Crippen LogP contribution is 2.44. The Bertz CT molecular complexity index is 3080. The lowest BCUT2D eigenvalue weighted by atomic mass is 9.85. The van der Waals surface area contributed by atoms with Crippen LogP contribution in [0.2, 0.25) is 0 Å². The maximum absolute atomic E-state index is 6.49. The summed E-state index contributed by atoms with van der Waals surface area (Å²) in [6.07, 6.45) is 0. The molecule has 2 heterocycles. The summed E-state index contributed by atoms with van der Waals surface area (Å²) in [7, 11) is 0. The normalized spacial score (nSPS) is 12.0. The van der Waals surface area contributed by atoms with Crippen molar-refractivity contribution in [3.8, 4) is 33.4 Å². The smallest absolute Gasteiger partial charge is 0.136 e. The third-order valence-corrected chi connectivity index (χ3v) is 10.4. The van der Waals surface area contributed by atoms with Gasteiger partial charge in [0.2, 0.25) is 0 Å². The Labute approximate surface area is 287 Å². The van der Waals surface area contributed by atoms with Gasteiger partial charge < -0.3 is 8.83 Å². The van der Waals surface area contributed by atoms with Gasteiger partial charge in [0.1, 0.15) is 22.3 Å². The predicted molar refractivity (Wildman–Crippen MR) is 210 cm³/mol. The first-order valence-electron chi connectivity index (χ1n) is 17.1. The topological polar surface area (TPSA) is 26.3 Å². The van der Waals surface area contributed by atoms with E-state index < -0.39 is 0 Å². The van der Waals surface area contributed by atoms with E-state index in [1.165, 1.54) is 60.3 Å². The van der Waals surface area contributed by atoms with Crippen LogP contribution in [-0.2, 0) is 0 Å². The molecule has 11 rings (SSSR count). The quantitative estimate of drug-likeness (QED) is 0.180. The number of para-hydroxylation sites is 1. The van der Waals surface area contributed by atoms with Crippen molar-refractivity contribution in [1.82, 2.24) is 0 Å². The van der Waals surface area contributed by atoms with Gasteiger partial charge in [-0.3, -0.25) is 0 Å². The molecule has 0 aliphatic rings. The molecule has 2 aromatic heterocycles. The Balaban J connectivity index is 1.07. The molecule has 0 atom stereocenters. The highest BCUT2D eigenvalue weighted by molar-refractivity contribution is 6.22. The van der Waals surface area contributed by atoms with Gasteiger partial charge in [0.25, 0.3) is 0 Å². The SMILES string of the molecule is c1ccc(-c2c3ccccc3c(-c3cccc(-c4ccc5cc6c(cc5c4)oc4cc5c(cc46)oc4ccccc45)c3)c3ccccc23)cc1. The Morgan fingerprint density at radius 3 is 1.46 bits per heavy atom. The number of rotatable bonds is 3. The summed E-state index contributed by atoms with van der Waals surface area (Å²) >= 11 is 0. The van der Waals surface area contributed by atoms with Crippen molar-refractivity contribution in [2.75, 3.05) is 0 Å².